The molecule has 442 valence electrons. The van der Waals surface area contributed by atoms with Gasteiger partial charge in [-0.05, 0) is 223 Å². The molecule has 0 heterocycles. The van der Waals surface area contributed by atoms with Crippen molar-refractivity contribution in [1.82, 2.24) is 0 Å². The van der Waals surface area contributed by atoms with Crippen LogP contribution in [-0.2, 0) is 0 Å². The average molecular weight is 1040 g/mol. The maximum Gasteiger partial charge on any atom is -0.0297 e. The average Bonchev–Trinajstić information content (AvgIpc) is 4.06. The largest absolute Gasteiger partial charge is 0.0651 e. The van der Waals surface area contributed by atoms with Crippen LogP contribution in [0, 0.1) is 146 Å². The molecule has 0 aliphatic heterocycles. The highest BCUT2D eigenvalue weighted by molar-refractivity contribution is 4.97. The van der Waals surface area contributed by atoms with E-state index in [-0.39, 0.29) is 0 Å². The normalized spacial score (nSPS) is 41.7. The molecular weight excluding hydrogens is 889 g/mol. The predicted octanol–water partition coefficient (Wildman–Crippen LogP) is 25.0. The molecule has 10 aliphatic carbocycles. The second-order valence-corrected chi connectivity index (χ2v) is 33.2. The van der Waals surface area contributed by atoms with Gasteiger partial charge in [-0.1, -0.05) is 251 Å². The molecule has 0 amide bonds. The van der Waals surface area contributed by atoms with Crippen molar-refractivity contribution >= 4 is 0 Å². The van der Waals surface area contributed by atoms with E-state index in [1.165, 1.54) is 148 Å². The van der Waals surface area contributed by atoms with Crippen LogP contribution in [0.4, 0.5) is 0 Å². The summed E-state index contributed by atoms with van der Waals surface area (Å²) in [5.74, 6) is 22.1. The number of hydrogen-bond acceptors (Lipinski definition) is 0. The van der Waals surface area contributed by atoms with Crippen molar-refractivity contribution in [3.8, 4) is 0 Å². The molecule has 74 heavy (non-hydrogen) atoms. The summed E-state index contributed by atoms with van der Waals surface area (Å²) in [7, 11) is 0. The molecule has 0 spiro atoms. The molecule has 0 radical (unpaired) electrons. The molecule has 0 saturated heterocycles. The lowest BCUT2D eigenvalue weighted by atomic mass is 9.60. The van der Waals surface area contributed by atoms with E-state index in [4.69, 9.17) is 0 Å². The van der Waals surface area contributed by atoms with Gasteiger partial charge >= 0.3 is 0 Å². The molecule has 2 bridgehead atoms. The van der Waals surface area contributed by atoms with E-state index in [9.17, 15) is 0 Å². The Balaban J connectivity index is 0.000000285. The third-order valence-electron chi connectivity index (χ3n) is 25.1. The summed E-state index contributed by atoms with van der Waals surface area (Å²) in [5, 5.41) is 0. The van der Waals surface area contributed by atoms with Gasteiger partial charge in [-0.2, -0.15) is 0 Å². The summed E-state index contributed by atoms with van der Waals surface area (Å²) >= 11 is 0. The highest BCUT2D eigenvalue weighted by Crippen LogP contribution is 2.57. The fraction of sp³-hybridized carbons (Fsp3) is 1.00. The van der Waals surface area contributed by atoms with E-state index in [2.05, 4.69) is 180 Å². The molecule has 0 aromatic heterocycles. The van der Waals surface area contributed by atoms with E-state index in [0.717, 1.165) is 136 Å². The Labute approximate surface area is 471 Å². The Kier molecular flexibility index (Phi) is 31.3. The summed E-state index contributed by atoms with van der Waals surface area (Å²) in [6.45, 7) is 61.5. The predicted molar refractivity (Wildman–Crippen MR) is 338 cm³/mol. The highest BCUT2D eigenvalue weighted by Gasteiger charge is 2.46. The minimum atomic E-state index is 0.595. The van der Waals surface area contributed by atoms with Crippen LogP contribution in [0.25, 0.3) is 0 Å². The Morgan fingerprint density at radius 2 is 0.824 bits per heavy atom. The monoisotopic (exact) mass is 1040 g/mol. The van der Waals surface area contributed by atoms with Gasteiger partial charge in [0.25, 0.3) is 0 Å². The minimum Gasteiger partial charge on any atom is -0.0651 e. The molecular formula is C74H146. The van der Waals surface area contributed by atoms with Crippen molar-refractivity contribution in [2.75, 3.05) is 0 Å². The minimum absolute atomic E-state index is 0.595. The topological polar surface area (TPSA) is 0 Å². The molecule has 10 aliphatic rings. The van der Waals surface area contributed by atoms with Gasteiger partial charge in [0.1, 0.15) is 0 Å². The fourth-order valence-electron chi connectivity index (χ4n) is 15.8. The molecule has 0 aromatic carbocycles. The van der Waals surface area contributed by atoms with Gasteiger partial charge in [0.2, 0.25) is 0 Å². The Bertz CT molecular complexity index is 1330. The standard InChI is InChI=1S/C9H16.C9H18.7C8H16/c1-7-5-8-3-4-9(7,2)6-8;1-7-5-4-6-8(2)9(7)3;1-6-4-7(2)8(3)5-6;1-6(2)8-4-7(3)5-8;1-7-4-5-8(2,3)6-7;1-8(2,3)7-5-4-6-7;1-6-4-5-7(2)8(6)3;1-5-6(2)8(4)7(5)3;1-3-7(2)8-5-4-6-8/h7-8H,3-6H2,1-2H3;7-9H,4-6H2,1-3H3;2*6-8H,4-5H2,1-3H3;2*7H,4-6H2,1-3H3;6-8H,4-5H2,1-3H3;5-8H,1-4H3;7-8H,3-6H2,1-2H3/t7-,8?,9?;;6?,7-,8?;;;;;;/m0.0....../s1. The highest BCUT2D eigenvalue weighted by atomic mass is 14.5. The first kappa shape index (κ1) is 70.1. The number of fused-ring (bicyclic) bond motifs is 2. The van der Waals surface area contributed by atoms with Crippen LogP contribution in [0.2, 0.25) is 0 Å². The molecule has 0 heteroatoms. The summed E-state index contributed by atoms with van der Waals surface area (Å²) < 4.78 is 0. The number of rotatable bonds is 3. The van der Waals surface area contributed by atoms with Crippen molar-refractivity contribution < 1.29 is 0 Å². The van der Waals surface area contributed by atoms with Crippen molar-refractivity contribution in [2.45, 2.75) is 328 Å². The maximum absolute atomic E-state index is 2.48. The van der Waals surface area contributed by atoms with Crippen LogP contribution < -0.4 is 0 Å². The molecule has 0 aromatic rings. The lowest BCUT2D eigenvalue weighted by Crippen LogP contribution is -2.39. The lowest BCUT2D eigenvalue weighted by molar-refractivity contribution is 0.0302. The molecule has 10 fully saturated rings. The van der Waals surface area contributed by atoms with Crippen molar-refractivity contribution in [3.05, 3.63) is 0 Å². The van der Waals surface area contributed by atoms with Gasteiger partial charge in [-0.25, -0.2) is 0 Å². The van der Waals surface area contributed by atoms with Gasteiger partial charge in [-0.15, -0.1) is 0 Å². The molecule has 0 N–H and O–H groups in total. The smallest absolute Gasteiger partial charge is 0.0297 e. The zero-order valence-electron chi connectivity index (χ0n) is 56.5. The van der Waals surface area contributed by atoms with Crippen molar-refractivity contribution in [3.63, 3.8) is 0 Å². The summed E-state index contributed by atoms with van der Waals surface area (Å²) in [6.07, 6.45) is 33.9. The zero-order chi connectivity index (χ0) is 56.5. The first-order valence-electron chi connectivity index (χ1n) is 34.2. The number of hydrogen-bond donors (Lipinski definition) is 0. The van der Waals surface area contributed by atoms with Gasteiger partial charge in [0, 0.05) is 0 Å². The van der Waals surface area contributed by atoms with Gasteiger partial charge < -0.3 is 0 Å². The molecule has 12 atom stereocenters. The first-order valence-corrected chi connectivity index (χ1v) is 34.2. The van der Waals surface area contributed by atoms with E-state index < -0.39 is 0 Å². The van der Waals surface area contributed by atoms with E-state index >= 15 is 0 Å². The van der Waals surface area contributed by atoms with Gasteiger partial charge in [-0.3, -0.25) is 0 Å². The molecule has 10 unspecified atom stereocenters. The second kappa shape index (κ2) is 33.1. The maximum atomic E-state index is 2.48. The van der Waals surface area contributed by atoms with Gasteiger partial charge in [0.15, 0.2) is 0 Å². The fourth-order valence-corrected chi connectivity index (χ4v) is 15.8. The van der Waals surface area contributed by atoms with Crippen LogP contribution in [0.3, 0.4) is 0 Å². The Hall–Kier alpha value is 0. The van der Waals surface area contributed by atoms with Crippen molar-refractivity contribution in [2.24, 2.45) is 146 Å². The summed E-state index contributed by atoms with van der Waals surface area (Å²) in [4.78, 5) is 0. The van der Waals surface area contributed by atoms with Crippen LogP contribution in [0.5, 0.6) is 0 Å². The van der Waals surface area contributed by atoms with Crippen LogP contribution in [-0.4, -0.2) is 0 Å². The van der Waals surface area contributed by atoms with E-state index in [0.29, 0.717) is 10.8 Å². The molecule has 10 rings (SSSR count). The quantitative estimate of drug-likeness (QED) is 0.264. The summed E-state index contributed by atoms with van der Waals surface area (Å²) in [5.41, 5.74) is 2.03. The lowest BCUT2D eigenvalue weighted by Gasteiger charge is -2.45. The van der Waals surface area contributed by atoms with E-state index in [1.807, 2.05) is 0 Å². The van der Waals surface area contributed by atoms with E-state index in [1.54, 1.807) is 0 Å². The van der Waals surface area contributed by atoms with Crippen molar-refractivity contribution in [1.29, 1.82) is 0 Å². The summed E-state index contributed by atoms with van der Waals surface area (Å²) in [6, 6.07) is 0. The van der Waals surface area contributed by atoms with Crippen LogP contribution >= 0.6 is 0 Å². The third-order valence-corrected chi connectivity index (χ3v) is 25.1. The van der Waals surface area contributed by atoms with Gasteiger partial charge in [0.05, 0.1) is 0 Å². The second-order valence-electron chi connectivity index (χ2n) is 33.2. The Morgan fingerprint density at radius 1 is 0.405 bits per heavy atom. The Morgan fingerprint density at radius 3 is 0.973 bits per heavy atom. The zero-order valence-corrected chi connectivity index (χ0v) is 56.5. The van der Waals surface area contributed by atoms with Crippen LogP contribution in [0.15, 0.2) is 0 Å². The SMILES string of the molecule is CC(C)(C)C1CCC1.CC1C(C)C(C)C1C.CC1CC(C(C)C)C1.CC1CC(C)[C@@H](C)C1.CC1CCC(C)(C)C1.CC1CCC(C)C1C.CC1CCCC(C)C1C.CCC(C)C1CCC1.C[C@H]1CC2CCC1(C)C2. The van der Waals surface area contributed by atoms with Crippen LogP contribution in [0.1, 0.15) is 328 Å². The molecule has 0 nitrogen and oxygen atoms in total. The first-order chi connectivity index (χ1) is 34.2. The third kappa shape index (κ3) is 24.0. The molecule has 10 saturated carbocycles.